The summed E-state index contributed by atoms with van der Waals surface area (Å²) in [5.41, 5.74) is -0.587. The maximum absolute atomic E-state index is 13.8. The highest BCUT2D eigenvalue weighted by molar-refractivity contribution is 6.35. The zero-order chi connectivity index (χ0) is 32.6. The number of amides is 2. The molecule has 4 rings (SSSR count). The van der Waals surface area contributed by atoms with E-state index in [0.717, 1.165) is 11.1 Å². The molecule has 1 aromatic carbocycles. The lowest BCUT2D eigenvalue weighted by molar-refractivity contribution is -0.157. The molecule has 2 fully saturated rings. The van der Waals surface area contributed by atoms with E-state index >= 15 is 0 Å². The van der Waals surface area contributed by atoms with Crippen LogP contribution in [0.1, 0.15) is 53.0 Å². The Morgan fingerprint density at radius 1 is 1.25 bits per heavy atom. The lowest BCUT2D eigenvalue weighted by Gasteiger charge is -2.42. The first kappa shape index (κ1) is 33.8. The van der Waals surface area contributed by atoms with Gasteiger partial charge in [0.2, 0.25) is 5.91 Å². The summed E-state index contributed by atoms with van der Waals surface area (Å²) in [7, 11) is 4.56. The Labute approximate surface area is 263 Å². The molecule has 2 amide bonds. The number of allylic oxidation sites excluding steroid dienone is 3. The van der Waals surface area contributed by atoms with Crippen LogP contribution in [0.25, 0.3) is 0 Å². The molecule has 3 heterocycles. The molecule has 11 nitrogen and oxygen atoms in total. The summed E-state index contributed by atoms with van der Waals surface area (Å²) in [5, 5.41) is 14.4. The van der Waals surface area contributed by atoms with Crippen molar-refractivity contribution in [3.63, 3.8) is 0 Å². The van der Waals surface area contributed by atoms with Crippen molar-refractivity contribution in [3.05, 3.63) is 46.5 Å². The van der Waals surface area contributed by atoms with Crippen molar-refractivity contribution in [1.29, 1.82) is 0 Å². The van der Waals surface area contributed by atoms with Gasteiger partial charge in [-0.3, -0.25) is 14.9 Å². The van der Waals surface area contributed by atoms with E-state index in [1.54, 1.807) is 40.0 Å². The van der Waals surface area contributed by atoms with Crippen LogP contribution in [0.4, 0.5) is 10.5 Å². The number of rotatable bonds is 4. The van der Waals surface area contributed by atoms with E-state index in [1.165, 1.54) is 19.1 Å². The molecule has 7 atom stereocenters. The quantitative estimate of drug-likeness (QED) is 0.366. The second kappa shape index (κ2) is 13.1. The van der Waals surface area contributed by atoms with Crippen LogP contribution in [-0.2, 0) is 35.0 Å². The van der Waals surface area contributed by atoms with Gasteiger partial charge in [-0.15, -0.1) is 0 Å². The highest BCUT2D eigenvalue weighted by atomic mass is 35.5. The van der Waals surface area contributed by atoms with Gasteiger partial charge in [-0.05, 0) is 38.0 Å². The third kappa shape index (κ3) is 6.91. The highest BCUT2D eigenvalue weighted by Gasteiger charge is 2.64. The average Bonchev–Trinajstić information content (AvgIpc) is 3.66. The number of esters is 1. The van der Waals surface area contributed by atoms with E-state index in [9.17, 15) is 19.5 Å². The Bertz CT molecular complexity index is 1350. The van der Waals surface area contributed by atoms with Crippen molar-refractivity contribution >= 4 is 35.3 Å². The van der Waals surface area contributed by atoms with E-state index < -0.39 is 59.6 Å². The first-order chi connectivity index (χ1) is 20.6. The number of aliphatic hydroxyl groups is 1. The first-order valence-corrected chi connectivity index (χ1v) is 15.1. The predicted octanol–water partition coefficient (Wildman–Crippen LogP) is 4.32. The number of benzene rings is 1. The summed E-state index contributed by atoms with van der Waals surface area (Å²) in [6, 6.07) is 3.63. The minimum absolute atomic E-state index is 0.00361. The number of nitrogens with zero attached hydrogens (tertiary/aromatic N) is 1. The van der Waals surface area contributed by atoms with Gasteiger partial charge >= 0.3 is 12.1 Å². The van der Waals surface area contributed by atoms with Crippen LogP contribution >= 0.6 is 11.6 Å². The van der Waals surface area contributed by atoms with Crippen LogP contribution < -0.4 is 15.0 Å². The van der Waals surface area contributed by atoms with Gasteiger partial charge in [-0.1, -0.05) is 56.2 Å². The fourth-order valence-electron chi connectivity index (χ4n) is 5.88. The van der Waals surface area contributed by atoms with Crippen molar-refractivity contribution in [2.24, 2.45) is 11.8 Å². The number of fused-ring (bicyclic) bond motifs is 5. The molecular formula is C32H43ClN2O9. The lowest BCUT2D eigenvalue weighted by atomic mass is 9.83. The summed E-state index contributed by atoms with van der Waals surface area (Å²) in [5.74, 6) is -1.30. The second-order valence-electron chi connectivity index (χ2n) is 12.4. The molecule has 0 radical (unpaired) electrons. The van der Waals surface area contributed by atoms with Gasteiger partial charge in [-0.2, -0.15) is 0 Å². The summed E-state index contributed by atoms with van der Waals surface area (Å²) in [6.07, 6.45) is 1.65. The first-order valence-electron chi connectivity index (χ1n) is 14.7. The number of hydrogen-bond donors (Lipinski definition) is 2. The fraction of sp³-hybridized carbons (Fsp3) is 0.594. The Hall–Kier alpha value is -3.12. The smallest absolute Gasteiger partial charge is 0.409 e. The number of carbonyl (C=O) groups is 3. The van der Waals surface area contributed by atoms with Gasteiger partial charge in [0.25, 0.3) is 0 Å². The minimum atomic E-state index is -1.77. The molecule has 44 heavy (non-hydrogen) atoms. The fourth-order valence-corrected chi connectivity index (χ4v) is 6.19. The van der Waals surface area contributed by atoms with E-state index in [1.807, 2.05) is 32.1 Å². The van der Waals surface area contributed by atoms with Crippen LogP contribution in [0.5, 0.6) is 5.75 Å². The second-order valence-corrected chi connectivity index (χ2v) is 12.8. The molecular weight excluding hydrogens is 592 g/mol. The summed E-state index contributed by atoms with van der Waals surface area (Å²) in [4.78, 5) is 40.7. The molecule has 12 heteroatoms. The summed E-state index contributed by atoms with van der Waals surface area (Å²) in [6.45, 7) is 8.95. The van der Waals surface area contributed by atoms with Crippen molar-refractivity contribution < 1.29 is 43.2 Å². The van der Waals surface area contributed by atoms with Crippen molar-refractivity contribution in [2.75, 3.05) is 26.2 Å². The van der Waals surface area contributed by atoms with Crippen LogP contribution in [0.15, 0.2) is 35.9 Å². The Morgan fingerprint density at radius 3 is 2.59 bits per heavy atom. The van der Waals surface area contributed by atoms with Gasteiger partial charge in [0.15, 0.2) is 5.72 Å². The number of halogens is 1. The number of epoxide rings is 1. The van der Waals surface area contributed by atoms with E-state index in [4.69, 9.17) is 35.3 Å². The third-order valence-electron chi connectivity index (χ3n) is 8.68. The molecule has 3 aliphatic rings. The lowest BCUT2D eigenvalue weighted by Crippen LogP contribution is -2.63. The zero-order valence-electron chi connectivity index (χ0n) is 26.5. The maximum Gasteiger partial charge on any atom is 0.409 e. The molecule has 1 aromatic rings. The normalized spacial score (nSPS) is 33.5. The molecule has 7 unspecified atom stereocenters. The molecule has 0 spiro atoms. The van der Waals surface area contributed by atoms with Gasteiger partial charge in [0, 0.05) is 26.5 Å². The van der Waals surface area contributed by atoms with E-state index in [2.05, 4.69) is 5.32 Å². The van der Waals surface area contributed by atoms with E-state index in [0.29, 0.717) is 17.9 Å². The van der Waals surface area contributed by atoms with Crippen LogP contribution in [0.2, 0.25) is 5.02 Å². The minimum Gasteiger partial charge on any atom is -0.495 e. The molecule has 2 saturated heterocycles. The third-order valence-corrected chi connectivity index (χ3v) is 9.06. The number of methoxy groups -OCH3 is 2. The SMILES string of the molecule is COc1cc2cc(c1Cl)N(C)C(=O)CC(OC(=O)C(C)C)C1(C)OC1C(C)C1CC(O)(NC(=O)O1)C(OC)/C=C/C=C(C)C2. The number of ether oxygens (including phenoxy) is 5. The topological polar surface area (TPSA) is 136 Å². The Balaban J connectivity index is 1.80. The molecule has 0 saturated carbocycles. The van der Waals surface area contributed by atoms with Gasteiger partial charge in [0.1, 0.15) is 34.7 Å². The summed E-state index contributed by atoms with van der Waals surface area (Å²) < 4.78 is 28.8. The van der Waals surface area contributed by atoms with E-state index in [-0.39, 0.29) is 23.8 Å². The number of hydrogen-bond acceptors (Lipinski definition) is 9. The summed E-state index contributed by atoms with van der Waals surface area (Å²) >= 11 is 6.68. The standard InChI is InChI=1S/C32H43ClN2O9/c1-17(2)29(37)43-25-15-26(36)35(6)21-13-20(14-22(40-7)27(21)33)12-18(3)10-9-11-24(41-8)32(39)16-23(42-30(38)34-32)19(4)28-31(25,5)44-28/h9-11,13-14,17,19,23-25,28,39H,12,15-16H2,1-8H3,(H,34,38)/b11-9+,18-10?. The number of carbonyl (C=O) groups excluding carboxylic acids is 3. The largest absolute Gasteiger partial charge is 0.495 e. The molecule has 0 aromatic heterocycles. The molecule has 3 aliphatic heterocycles. The predicted molar refractivity (Wildman–Crippen MR) is 164 cm³/mol. The van der Waals surface area contributed by atoms with Crippen LogP contribution in [0, 0.1) is 11.8 Å². The van der Waals surface area contributed by atoms with Crippen LogP contribution in [0.3, 0.4) is 0 Å². The molecule has 0 aliphatic carbocycles. The highest BCUT2D eigenvalue weighted by Crippen LogP contribution is 2.49. The van der Waals surface area contributed by atoms with Crippen LogP contribution in [-0.4, -0.2) is 80.1 Å². The molecule has 4 bridgehead atoms. The maximum atomic E-state index is 13.8. The van der Waals surface area contributed by atoms with Gasteiger partial charge in [0.05, 0.1) is 31.2 Å². The zero-order valence-corrected chi connectivity index (χ0v) is 27.3. The molecule has 242 valence electrons. The number of anilines is 1. The van der Waals surface area contributed by atoms with Gasteiger partial charge < -0.3 is 33.7 Å². The Kier molecular flexibility index (Phi) is 10.0. The monoisotopic (exact) mass is 634 g/mol. The van der Waals surface area contributed by atoms with Crippen molar-refractivity contribution in [3.8, 4) is 5.75 Å². The van der Waals surface area contributed by atoms with Gasteiger partial charge in [-0.25, -0.2) is 4.79 Å². The average molecular weight is 635 g/mol. The van der Waals surface area contributed by atoms with Crippen molar-refractivity contribution in [2.45, 2.75) is 89.6 Å². The van der Waals surface area contributed by atoms with Crippen molar-refractivity contribution in [1.82, 2.24) is 5.32 Å². The number of nitrogens with one attached hydrogen (secondary N) is 1. The molecule has 2 N–H and O–H groups in total. The Morgan fingerprint density at radius 2 is 1.95 bits per heavy atom. The number of alkyl carbamates (subject to hydrolysis) is 1.